The molecule has 0 spiro atoms. The van der Waals surface area contributed by atoms with E-state index in [1.165, 1.54) is 0 Å². The molecule has 1 aromatic carbocycles. The summed E-state index contributed by atoms with van der Waals surface area (Å²) in [5.41, 5.74) is 1.22. The van der Waals surface area contributed by atoms with Crippen LogP contribution in [0.15, 0.2) is 40.7 Å². The fourth-order valence-electron chi connectivity index (χ4n) is 2.57. The van der Waals surface area contributed by atoms with Gasteiger partial charge in [-0.2, -0.15) is 13.2 Å². The molecule has 3 N–H and O–H groups in total. The average molecular weight is 395 g/mol. The lowest BCUT2D eigenvalue weighted by Crippen LogP contribution is -2.38. The molecule has 3 rings (SSSR count). The number of aromatic nitrogens is 2. The van der Waals surface area contributed by atoms with Crippen molar-refractivity contribution >= 4 is 28.2 Å². The lowest BCUT2D eigenvalue weighted by atomic mass is 10.2. The summed E-state index contributed by atoms with van der Waals surface area (Å²) in [6.45, 7) is 3.56. The van der Waals surface area contributed by atoms with E-state index in [1.54, 1.807) is 0 Å². The van der Waals surface area contributed by atoms with E-state index in [4.69, 9.17) is 0 Å². The number of rotatable bonds is 6. The molecule has 27 heavy (non-hydrogen) atoms. The Hall–Kier alpha value is -2.55. The van der Waals surface area contributed by atoms with Gasteiger partial charge in [0, 0.05) is 36.1 Å². The monoisotopic (exact) mass is 395 g/mol. The number of halogens is 3. The van der Waals surface area contributed by atoms with Crippen molar-refractivity contribution in [3.63, 3.8) is 0 Å². The molecule has 0 fully saturated rings. The van der Waals surface area contributed by atoms with Gasteiger partial charge in [-0.05, 0) is 24.4 Å². The Bertz CT molecular complexity index is 880. The van der Waals surface area contributed by atoms with Gasteiger partial charge in [-0.25, -0.2) is 9.98 Å². The highest BCUT2D eigenvalue weighted by atomic mass is 32.1. The topological polar surface area (TPSA) is 65.1 Å². The van der Waals surface area contributed by atoms with Crippen LogP contribution in [0.3, 0.4) is 0 Å². The standard InChI is InChI=1S/C18H20F3N5S/c1-2-22-17(23-8-7-16-26-15(11-27-16)18(19,20)21)24-10-13-9-12-5-3-4-6-14(12)25-13/h3-6,9,11,25H,2,7-8,10H2,1H3,(H2,22,23,24). The Kier molecular flexibility index (Phi) is 6.00. The second-order valence-electron chi connectivity index (χ2n) is 5.88. The maximum Gasteiger partial charge on any atom is 0.434 e. The molecule has 0 atom stereocenters. The fourth-order valence-corrected chi connectivity index (χ4v) is 3.37. The maximum absolute atomic E-state index is 12.6. The number of para-hydroxylation sites is 1. The van der Waals surface area contributed by atoms with Gasteiger partial charge in [-0.1, -0.05) is 18.2 Å². The summed E-state index contributed by atoms with van der Waals surface area (Å²) in [6.07, 6.45) is -3.99. The molecular formula is C18H20F3N5S. The van der Waals surface area contributed by atoms with Gasteiger partial charge in [0.15, 0.2) is 11.7 Å². The molecule has 144 valence electrons. The van der Waals surface area contributed by atoms with E-state index < -0.39 is 11.9 Å². The van der Waals surface area contributed by atoms with Crippen molar-refractivity contribution in [3.05, 3.63) is 52.1 Å². The van der Waals surface area contributed by atoms with Crippen molar-refractivity contribution in [1.82, 2.24) is 20.6 Å². The molecule has 0 bridgehead atoms. The van der Waals surface area contributed by atoms with Gasteiger partial charge in [-0.3, -0.25) is 0 Å². The van der Waals surface area contributed by atoms with Gasteiger partial charge in [0.2, 0.25) is 0 Å². The first-order chi connectivity index (χ1) is 13.0. The molecule has 3 aromatic rings. The predicted octanol–water partition coefficient (Wildman–Crippen LogP) is 3.94. The Labute approximate surface area is 158 Å². The lowest BCUT2D eigenvalue weighted by Gasteiger charge is -2.10. The minimum Gasteiger partial charge on any atom is -0.357 e. The molecule has 9 heteroatoms. The number of H-pyrrole nitrogens is 1. The number of aliphatic imine (C=N–C) groups is 1. The van der Waals surface area contributed by atoms with Crippen LogP contribution in [0.4, 0.5) is 13.2 Å². The van der Waals surface area contributed by atoms with Crippen LogP contribution in [-0.2, 0) is 19.1 Å². The van der Waals surface area contributed by atoms with Crippen LogP contribution in [0.25, 0.3) is 10.9 Å². The van der Waals surface area contributed by atoms with Gasteiger partial charge in [-0.15, -0.1) is 11.3 Å². The van der Waals surface area contributed by atoms with Gasteiger partial charge in [0.05, 0.1) is 11.6 Å². The van der Waals surface area contributed by atoms with Crippen molar-refractivity contribution in [2.75, 3.05) is 13.1 Å². The molecule has 0 unspecified atom stereocenters. The van der Waals surface area contributed by atoms with E-state index in [0.29, 0.717) is 37.0 Å². The summed E-state index contributed by atoms with van der Waals surface area (Å²) in [6, 6.07) is 10.1. The number of nitrogens with zero attached hydrogens (tertiary/aromatic N) is 2. The smallest absolute Gasteiger partial charge is 0.357 e. The summed E-state index contributed by atoms with van der Waals surface area (Å²) in [5, 5.41) is 8.88. The normalized spacial score (nSPS) is 12.5. The Balaban J connectivity index is 1.56. The summed E-state index contributed by atoms with van der Waals surface area (Å²) in [5.74, 6) is 0.615. The van der Waals surface area contributed by atoms with Crippen LogP contribution in [0.1, 0.15) is 23.3 Å². The highest BCUT2D eigenvalue weighted by Crippen LogP contribution is 2.30. The van der Waals surface area contributed by atoms with E-state index in [9.17, 15) is 13.2 Å². The van der Waals surface area contributed by atoms with Gasteiger partial charge >= 0.3 is 6.18 Å². The van der Waals surface area contributed by atoms with Crippen LogP contribution >= 0.6 is 11.3 Å². The van der Waals surface area contributed by atoms with Crippen molar-refractivity contribution in [3.8, 4) is 0 Å². The number of thiazole rings is 1. The third-order valence-electron chi connectivity index (χ3n) is 3.81. The zero-order valence-corrected chi connectivity index (χ0v) is 15.5. The van der Waals surface area contributed by atoms with E-state index in [2.05, 4.69) is 31.7 Å². The number of fused-ring (bicyclic) bond motifs is 1. The number of hydrogen-bond acceptors (Lipinski definition) is 3. The summed E-state index contributed by atoms with van der Waals surface area (Å²) in [4.78, 5) is 11.5. The molecule has 2 heterocycles. The molecule has 5 nitrogen and oxygen atoms in total. The third kappa shape index (κ3) is 5.22. The summed E-state index contributed by atoms with van der Waals surface area (Å²) < 4.78 is 37.8. The van der Waals surface area contributed by atoms with Gasteiger partial charge < -0.3 is 15.6 Å². The van der Waals surface area contributed by atoms with E-state index in [-0.39, 0.29) is 0 Å². The van der Waals surface area contributed by atoms with Crippen LogP contribution < -0.4 is 10.6 Å². The van der Waals surface area contributed by atoms with Crippen molar-refractivity contribution in [2.45, 2.75) is 26.1 Å². The zero-order valence-electron chi connectivity index (χ0n) is 14.7. The van der Waals surface area contributed by atoms with E-state index in [0.717, 1.165) is 33.3 Å². The number of guanidine groups is 1. The number of hydrogen-bond donors (Lipinski definition) is 3. The fraction of sp³-hybridized carbons (Fsp3) is 0.333. The third-order valence-corrected chi connectivity index (χ3v) is 4.72. The summed E-state index contributed by atoms with van der Waals surface area (Å²) in [7, 11) is 0. The highest BCUT2D eigenvalue weighted by Gasteiger charge is 2.33. The predicted molar refractivity (Wildman–Crippen MR) is 102 cm³/mol. The molecule has 0 radical (unpaired) electrons. The van der Waals surface area contributed by atoms with E-state index >= 15 is 0 Å². The Morgan fingerprint density at radius 3 is 2.78 bits per heavy atom. The largest absolute Gasteiger partial charge is 0.434 e. The first-order valence-electron chi connectivity index (χ1n) is 8.56. The summed E-state index contributed by atoms with van der Waals surface area (Å²) >= 11 is 1.02. The second kappa shape index (κ2) is 8.43. The molecule has 0 aliphatic carbocycles. The Morgan fingerprint density at radius 2 is 2.07 bits per heavy atom. The second-order valence-corrected chi connectivity index (χ2v) is 6.82. The maximum atomic E-state index is 12.6. The number of benzene rings is 1. The highest BCUT2D eigenvalue weighted by molar-refractivity contribution is 7.09. The molecular weight excluding hydrogens is 375 g/mol. The number of aromatic amines is 1. The average Bonchev–Trinajstić information content (AvgIpc) is 3.26. The molecule has 0 saturated heterocycles. The van der Waals surface area contributed by atoms with Gasteiger partial charge in [0.1, 0.15) is 0 Å². The van der Waals surface area contributed by atoms with Crippen molar-refractivity contribution in [2.24, 2.45) is 4.99 Å². The molecule has 0 aliphatic rings. The van der Waals surface area contributed by atoms with Crippen LogP contribution in [0.5, 0.6) is 0 Å². The number of nitrogens with one attached hydrogen (secondary N) is 3. The first-order valence-corrected chi connectivity index (χ1v) is 9.44. The first kappa shape index (κ1) is 19.2. The van der Waals surface area contributed by atoms with Crippen molar-refractivity contribution < 1.29 is 13.2 Å². The Morgan fingerprint density at radius 1 is 1.26 bits per heavy atom. The minimum atomic E-state index is -4.39. The zero-order chi connectivity index (χ0) is 19.3. The number of alkyl halides is 3. The lowest BCUT2D eigenvalue weighted by molar-refractivity contribution is -0.140. The van der Waals surface area contributed by atoms with Crippen LogP contribution in [-0.4, -0.2) is 29.0 Å². The molecule has 2 aromatic heterocycles. The molecule has 0 amide bonds. The van der Waals surface area contributed by atoms with Crippen LogP contribution in [0.2, 0.25) is 0 Å². The SMILES string of the molecule is CCNC(=NCc1cc2ccccc2[nH]1)NCCc1nc(C(F)(F)F)cs1. The molecule has 0 aliphatic heterocycles. The minimum absolute atomic E-state index is 0.400. The van der Waals surface area contributed by atoms with Crippen LogP contribution in [0, 0.1) is 0 Å². The van der Waals surface area contributed by atoms with Gasteiger partial charge in [0.25, 0.3) is 0 Å². The van der Waals surface area contributed by atoms with E-state index in [1.807, 2.05) is 31.2 Å². The van der Waals surface area contributed by atoms with Crippen molar-refractivity contribution in [1.29, 1.82) is 0 Å². The molecule has 0 saturated carbocycles. The quantitative estimate of drug-likeness (QED) is 0.438.